The fraction of sp³-hybridized carbons (Fsp3) is 0.417. The number of piperazine rings is 1. The molecule has 4 aromatic rings. The molecule has 6 rings (SSSR count). The number of imidazole rings is 1. The summed E-state index contributed by atoms with van der Waals surface area (Å²) in [6, 6.07) is 26.1. The molecular weight excluding hydrogens is 564 g/mol. The lowest BCUT2D eigenvalue weighted by Gasteiger charge is -2.35. The molecule has 2 aliphatic rings. The zero-order valence-electron chi connectivity index (χ0n) is 26.2. The van der Waals surface area contributed by atoms with E-state index < -0.39 is 0 Å². The Morgan fingerprint density at radius 1 is 0.978 bits per heavy atom. The maximum Gasteiger partial charge on any atom is 0.246 e. The van der Waals surface area contributed by atoms with E-state index in [0.29, 0.717) is 39.1 Å². The fourth-order valence-electron chi connectivity index (χ4n) is 6.77. The summed E-state index contributed by atoms with van der Waals surface area (Å²) in [5.41, 5.74) is 11.7. The smallest absolute Gasteiger partial charge is 0.246 e. The summed E-state index contributed by atoms with van der Waals surface area (Å²) in [4.78, 5) is 37.3. The normalized spacial score (nSPS) is 18.0. The van der Waals surface area contributed by atoms with Crippen molar-refractivity contribution < 1.29 is 14.3 Å². The van der Waals surface area contributed by atoms with Crippen LogP contribution in [0.25, 0.3) is 11.0 Å². The van der Waals surface area contributed by atoms with Crippen molar-refractivity contribution in [3.63, 3.8) is 0 Å². The number of aryl methyl sites for hydroxylation is 1. The van der Waals surface area contributed by atoms with Gasteiger partial charge in [-0.1, -0.05) is 42.5 Å². The first-order valence-electron chi connectivity index (χ1n) is 16.2. The van der Waals surface area contributed by atoms with Crippen LogP contribution in [0.2, 0.25) is 0 Å². The van der Waals surface area contributed by atoms with Gasteiger partial charge in [-0.2, -0.15) is 0 Å². The third kappa shape index (κ3) is 7.21. The van der Waals surface area contributed by atoms with Crippen molar-refractivity contribution in [3.8, 4) is 0 Å². The number of piperidine rings is 1. The Morgan fingerprint density at radius 2 is 1.76 bits per heavy atom. The summed E-state index contributed by atoms with van der Waals surface area (Å²) in [6.45, 7) is 4.75. The van der Waals surface area contributed by atoms with Crippen LogP contribution in [0.15, 0.2) is 78.9 Å². The topological polar surface area (TPSA) is 96.9 Å². The number of carbonyl (C=O) groups excluding carboxylic acids is 2. The van der Waals surface area contributed by atoms with E-state index in [9.17, 15) is 9.59 Å². The van der Waals surface area contributed by atoms with Crippen molar-refractivity contribution in [2.45, 2.75) is 50.6 Å². The van der Waals surface area contributed by atoms with Crippen LogP contribution in [0, 0.1) is 0 Å². The second kappa shape index (κ2) is 14.3. The average molecular weight is 609 g/mol. The lowest BCUT2D eigenvalue weighted by Crippen LogP contribution is -2.50. The maximum atomic E-state index is 13.4. The van der Waals surface area contributed by atoms with Gasteiger partial charge in [0.2, 0.25) is 11.8 Å². The summed E-state index contributed by atoms with van der Waals surface area (Å²) >= 11 is 0. The van der Waals surface area contributed by atoms with Crippen LogP contribution in [0.3, 0.4) is 0 Å². The Labute approximate surface area is 265 Å². The van der Waals surface area contributed by atoms with E-state index in [1.165, 1.54) is 0 Å². The van der Waals surface area contributed by atoms with Crippen LogP contribution in [-0.4, -0.2) is 78.7 Å². The van der Waals surface area contributed by atoms with E-state index in [0.717, 1.165) is 72.7 Å². The second-order valence-electron chi connectivity index (χ2n) is 12.3. The number of carbonyl (C=O) groups is 2. The summed E-state index contributed by atoms with van der Waals surface area (Å²) in [5, 5.41) is 0. The van der Waals surface area contributed by atoms with Crippen LogP contribution in [0.4, 0.5) is 11.4 Å². The second-order valence-corrected chi connectivity index (χ2v) is 12.3. The van der Waals surface area contributed by atoms with E-state index in [1.807, 2.05) is 46.2 Å². The Morgan fingerprint density at radius 3 is 2.53 bits per heavy atom. The van der Waals surface area contributed by atoms with E-state index in [-0.39, 0.29) is 23.8 Å². The minimum absolute atomic E-state index is 0.0976. The predicted octanol–water partition coefficient (Wildman–Crippen LogP) is 4.59. The number of nitrogens with two attached hydrogens (primary N) is 1. The molecule has 0 aliphatic carbocycles. The maximum absolute atomic E-state index is 13.4. The zero-order valence-corrected chi connectivity index (χ0v) is 26.2. The number of anilines is 2. The van der Waals surface area contributed by atoms with Gasteiger partial charge in [-0.15, -0.1) is 0 Å². The van der Waals surface area contributed by atoms with Gasteiger partial charge in [0, 0.05) is 76.2 Å². The Hall–Kier alpha value is -4.21. The van der Waals surface area contributed by atoms with Gasteiger partial charge >= 0.3 is 0 Å². The van der Waals surface area contributed by atoms with Crippen molar-refractivity contribution in [2.24, 2.45) is 5.73 Å². The van der Waals surface area contributed by atoms with Gasteiger partial charge in [0.15, 0.2) is 0 Å². The number of nitrogens with zero attached hydrogens (tertiary/aromatic N) is 5. The van der Waals surface area contributed by atoms with E-state index in [1.54, 1.807) is 7.11 Å². The highest BCUT2D eigenvalue weighted by atomic mass is 16.5. The number of benzene rings is 3. The molecule has 2 atom stereocenters. The highest BCUT2D eigenvalue weighted by Crippen LogP contribution is 2.30. The number of para-hydroxylation sites is 3. The number of amides is 2. The largest absolute Gasteiger partial charge is 0.385 e. The summed E-state index contributed by atoms with van der Waals surface area (Å²) in [7, 11) is 1.73. The van der Waals surface area contributed by atoms with Crippen LogP contribution >= 0.6 is 0 Å². The minimum atomic E-state index is -0.265. The molecule has 2 saturated heterocycles. The van der Waals surface area contributed by atoms with Gasteiger partial charge in [-0.3, -0.25) is 9.59 Å². The Bertz CT molecular complexity index is 1590. The van der Waals surface area contributed by atoms with Crippen molar-refractivity contribution >= 4 is 34.2 Å². The molecule has 3 aromatic carbocycles. The van der Waals surface area contributed by atoms with Gasteiger partial charge < -0.3 is 29.7 Å². The first kappa shape index (κ1) is 30.8. The Balaban J connectivity index is 1.03. The van der Waals surface area contributed by atoms with E-state index in [4.69, 9.17) is 15.5 Å². The third-order valence-corrected chi connectivity index (χ3v) is 9.08. The Kier molecular flexibility index (Phi) is 9.76. The van der Waals surface area contributed by atoms with E-state index in [2.05, 4.69) is 51.9 Å². The summed E-state index contributed by atoms with van der Waals surface area (Å²) in [6.07, 6.45) is 3.82. The van der Waals surface area contributed by atoms with Crippen molar-refractivity contribution in [1.29, 1.82) is 0 Å². The van der Waals surface area contributed by atoms with Gasteiger partial charge in [0.1, 0.15) is 5.82 Å². The monoisotopic (exact) mass is 608 g/mol. The van der Waals surface area contributed by atoms with Gasteiger partial charge in [-0.05, 0) is 67.6 Å². The molecule has 2 aliphatic heterocycles. The third-order valence-electron chi connectivity index (χ3n) is 9.08. The van der Waals surface area contributed by atoms with E-state index >= 15 is 0 Å². The highest BCUT2D eigenvalue weighted by molar-refractivity contribution is 5.97. The molecular formula is C36H44N6O3. The number of methoxy groups -OCH3 is 1. The SMILES string of the molecule is COCCCn1c([C@@H]2CCCN(C(=O)C[C@H](N)Cc3ccc(N4CCN(c5ccccc5)C(=O)C4)cc3)C2)nc2ccccc21. The highest BCUT2D eigenvalue weighted by Gasteiger charge is 2.29. The molecule has 0 bridgehead atoms. The standard InChI is InChI=1S/C36H44N6O3/c1-45-22-8-19-42-33-13-6-5-12-32(33)38-36(42)28-9-7-18-40(25-28)34(43)24-29(37)23-27-14-16-30(17-15-27)39-20-21-41(35(44)26-39)31-10-3-2-4-11-31/h2-6,10-17,28-29H,7-9,18-26,37H2,1H3/t28-,29-/m1/s1. The molecule has 0 radical (unpaired) electrons. The summed E-state index contributed by atoms with van der Waals surface area (Å²) in [5.74, 6) is 1.47. The number of ether oxygens (including phenoxy) is 1. The summed E-state index contributed by atoms with van der Waals surface area (Å²) < 4.78 is 7.63. The average Bonchev–Trinajstić information content (AvgIpc) is 3.44. The van der Waals surface area contributed by atoms with Crippen LogP contribution in [0.1, 0.15) is 43.0 Å². The molecule has 9 nitrogen and oxygen atoms in total. The molecule has 2 N–H and O–H groups in total. The van der Waals surface area contributed by atoms with Crippen LogP contribution in [0.5, 0.6) is 0 Å². The molecule has 1 aromatic heterocycles. The molecule has 45 heavy (non-hydrogen) atoms. The number of fused-ring (bicyclic) bond motifs is 1. The van der Waals surface area contributed by atoms with Gasteiger partial charge in [0.25, 0.3) is 0 Å². The molecule has 236 valence electrons. The fourth-order valence-corrected chi connectivity index (χ4v) is 6.77. The minimum Gasteiger partial charge on any atom is -0.385 e. The molecule has 3 heterocycles. The van der Waals surface area contributed by atoms with Crippen molar-refractivity contribution in [2.75, 3.05) is 56.2 Å². The zero-order chi connectivity index (χ0) is 31.2. The number of rotatable bonds is 11. The molecule has 0 unspecified atom stereocenters. The van der Waals surface area contributed by atoms with Crippen molar-refractivity contribution in [1.82, 2.24) is 14.5 Å². The molecule has 2 amide bonds. The first-order valence-corrected chi connectivity index (χ1v) is 16.2. The first-order chi connectivity index (χ1) is 22.0. The molecule has 0 spiro atoms. The molecule has 9 heteroatoms. The molecule has 0 saturated carbocycles. The quantitative estimate of drug-likeness (QED) is 0.250. The van der Waals surface area contributed by atoms with Crippen LogP contribution < -0.4 is 15.5 Å². The van der Waals surface area contributed by atoms with Crippen LogP contribution in [-0.2, 0) is 27.3 Å². The van der Waals surface area contributed by atoms with Gasteiger partial charge in [0.05, 0.1) is 17.6 Å². The number of hydrogen-bond acceptors (Lipinski definition) is 6. The number of hydrogen-bond donors (Lipinski definition) is 1. The lowest BCUT2D eigenvalue weighted by molar-refractivity contribution is -0.132. The predicted molar refractivity (Wildman–Crippen MR) is 179 cm³/mol. The lowest BCUT2D eigenvalue weighted by atomic mass is 9.96. The number of likely N-dealkylation sites (tertiary alicyclic amines) is 1. The van der Waals surface area contributed by atoms with Gasteiger partial charge in [-0.25, -0.2) is 4.98 Å². The molecule has 2 fully saturated rings. The number of aromatic nitrogens is 2. The van der Waals surface area contributed by atoms with Crippen molar-refractivity contribution in [3.05, 3.63) is 90.3 Å².